The van der Waals surface area contributed by atoms with Crippen molar-refractivity contribution in [1.29, 1.82) is 0 Å². The SMILES string of the molecule is O=C(CN1C(=O)c2ccccc2[C@@H]1c1c[nH]c2ccccc12)Nc1ccc(Oc2ccccc2)cc1. The number of aromatic amines is 1. The van der Waals surface area contributed by atoms with Crippen LogP contribution in [0.1, 0.15) is 27.5 Å². The van der Waals surface area contributed by atoms with E-state index >= 15 is 0 Å². The van der Waals surface area contributed by atoms with Crippen LogP contribution in [0.5, 0.6) is 11.5 Å². The zero-order valence-electron chi connectivity index (χ0n) is 19.3. The number of amides is 2. The van der Waals surface area contributed by atoms with Gasteiger partial charge in [-0.15, -0.1) is 0 Å². The highest BCUT2D eigenvalue weighted by molar-refractivity contribution is 6.04. The van der Waals surface area contributed by atoms with E-state index in [4.69, 9.17) is 4.74 Å². The molecule has 176 valence electrons. The van der Waals surface area contributed by atoms with Crippen LogP contribution in [-0.2, 0) is 4.79 Å². The lowest BCUT2D eigenvalue weighted by atomic mass is 9.97. The van der Waals surface area contributed by atoms with Gasteiger partial charge in [0.1, 0.15) is 18.0 Å². The van der Waals surface area contributed by atoms with Crippen molar-refractivity contribution < 1.29 is 14.3 Å². The number of fused-ring (bicyclic) bond motifs is 2. The third-order valence-electron chi connectivity index (χ3n) is 6.41. The highest BCUT2D eigenvalue weighted by atomic mass is 16.5. The summed E-state index contributed by atoms with van der Waals surface area (Å²) in [6.07, 6.45) is 1.93. The number of aromatic nitrogens is 1. The molecule has 0 spiro atoms. The van der Waals surface area contributed by atoms with Crippen molar-refractivity contribution in [3.8, 4) is 11.5 Å². The maximum Gasteiger partial charge on any atom is 0.255 e. The summed E-state index contributed by atoms with van der Waals surface area (Å²) in [4.78, 5) is 31.4. The summed E-state index contributed by atoms with van der Waals surface area (Å²) in [5.41, 5.74) is 4.13. The van der Waals surface area contributed by atoms with Gasteiger partial charge in [-0.3, -0.25) is 9.59 Å². The third-order valence-corrected chi connectivity index (χ3v) is 6.41. The Morgan fingerprint density at radius 3 is 2.33 bits per heavy atom. The van der Waals surface area contributed by atoms with Crippen molar-refractivity contribution in [3.05, 3.63) is 126 Å². The minimum Gasteiger partial charge on any atom is -0.457 e. The minimum absolute atomic E-state index is 0.0695. The molecule has 2 heterocycles. The first-order valence-corrected chi connectivity index (χ1v) is 11.8. The Kier molecular flexibility index (Phi) is 5.46. The smallest absolute Gasteiger partial charge is 0.255 e. The van der Waals surface area contributed by atoms with Crippen molar-refractivity contribution in [2.24, 2.45) is 0 Å². The molecule has 0 fully saturated rings. The van der Waals surface area contributed by atoms with Crippen molar-refractivity contribution in [1.82, 2.24) is 9.88 Å². The number of para-hydroxylation sites is 2. The molecule has 1 atom stereocenters. The molecule has 1 aromatic heterocycles. The molecule has 36 heavy (non-hydrogen) atoms. The predicted octanol–water partition coefficient (Wildman–Crippen LogP) is 6.14. The van der Waals surface area contributed by atoms with Gasteiger partial charge in [-0.05, 0) is 54.1 Å². The Hall–Kier alpha value is -4.84. The van der Waals surface area contributed by atoms with Crippen LogP contribution >= 0.6 is 0 Å². The van der Waals surface area contributed by atoms with E-state index in [0.29, 0.717) is 17.0 Å². The molecule has 5 aromatic rings. The highest BCUT2D eigenvalue weighted by Crippen LogP contribution is 2.40. The normalized spacial score (nSPS) is 14.6. The number of nitrogens with one attached hydrogen (secondary N) is 2. The van der Waals surface area contributed by atoms with E-state index in [0.717, 1.165) is 27.8 Å². The van der Waals surface area contributed by atoms with Gasteiger partial charge in [0.05, 0.1) is 6.04 Å². The first kappa shape index (κ1) is 21.7. The van der Waals surface area contributed by atoms with Crippen molar-refractivity contribution in [2.45, 2.75) is 6.04 Å². The maximum atomic E-state index is 13.4. The number of carbonyl (C=O) groups is 2. The minimum atomic E-state index is -0.350. The summed E-state index contributed by atoms with van der Waals surface area (Å²) in [5.74, 6) is 0.994. The zero-order chi connectivity index (χ0) is 24.5. The number of hydrogen-bond donors (Lipinski definition) is 2. The van der Waals surface area contributed by atoms with E-state index in [1.165, 1.54) is 0 Å². The van der Waals surface area contributed by atoms with E-state index < -0.39 is 0 Å². The zero-order valence-corrected chi connectivity index (χ0v) is 19.3. The second-order valence-electron chi connectivity index (χ2n) is 8.70. The summed E-state index contributed by atoms with van der Waals surface area (Å²) in [6.45, 7) is -0.0695. The van der Waals surface area contributed by atoms with E-state index in [1.54, 1.807) is 29.2 Å². The van der Waals surface area contributed by atoms with Crippen molar-refractivity contribution in [3.63, 3.8) is 0 Å². The van der Waals surface area contributed by atoms with Crippen LogP contribution in [0, 0.1) is 0 Å². The van der Waals surface area contributed by atoms with Gasteiger partial charge < -0.3 is 19.9 Å². The average Bonchev–Trinajstić information content (AvgIpc) is 3.45. The fraction of sp³-hybridized carbons (Fsp3) is 0.0667. The van der Waals surface area contributed by atoms with E-state index in [9.17, 15) is 9.59 Å². The van der Waals surface area contributed by atoms with Crippen LogP contribution in [0.4, 0.5) is 5.69 Å². The molecule has 0 aliphatic carbocycles. The molecule has 0 saturated carbocycles. The first-order valence-electron chi connectivity index (χ1n) is 11.8. The van der Waals surface area contributed by atoms with Gasteiger partial charge in [0, 0.05) is 33.9 Å². The average molecular weight is 474 g/mol. The molecule has 4 aromatic carbocycles. The number of benzene rings is 4. The topological polar surface area (TPSA) is 74.4 Å². The lowest BCUT2D eigenvalue weighted by Crippen LogP contribution is -2.36. The summed E-state index contributed by atoms with van der Waals surface area (Å²) < 4.78 is 5.82. The molecular formula is C30H23N3O3. The predicted molar refractivity (Wildman–Crippen MR) is 139 cm³/mol. The summed E-state index contributed by atoms with van der Waals surface area (Å²) in [5, 5.41) is 3.95. The largest absolute Gasteiger partial charge is 0.457 e. The second kappa shape index (κ2) is 9.07. The van der Waals surface area contributed by atoms with Crippen LogP contribution in [0.25, 0.3) is 10.9 Å². The molecule has 0 radical (unpaired) electrons. The van der Waals surface area contributed by atoms with Gasteiger partial charge in [-0.2, -0.15) is 0 Å². The first-order chi connectivity index (χ1) is 17.7. The lowest BCUT2D eigenvalue weighted by molar-refractivity contribution is -0.117. The van der Waals surface area contributed by atoms with E-state index in [1.807, 2.05) is 85.1 Å². The Labute approximate surface area is 208 Å². The third kappa shape index (κ3) is 3.99. The highest BCUT2D eigenvalue weighted by Gasteiger charge is 2.39. The molecule has 0 bridgehead atoms. The van der Waals surface area contributed by atoms with E-state index in [2.05, 4.69) is 10.3 Å². The van der Waals surface area contributed by atoms with Crippen LogP contribution < -0.4 is 10.1 Å². The summed E-state index contributed by atoms with van der Waals surface area (Å²) in [6, 6.07) is 31.9. The molecular weight excluding hydrogens is 450 g/mol. The number of rotatable bonds is 6. The molecule has 6 nitrogen and oxygen atoms in total. The van der Waals surface area contributed by atoms with Crippen LogP contribution in [-0.4, -0.2) is 28.2 Å². The monoisotopic (exact) mass is 473 g/mol. The van der Waals surface area contributed by atoms with Gasteiger partial charge in [-0.1, -0.05) is 54.6 Å². The van der Waals surface area contributed by atoms with Gasteiger partial charge in [0.15, 0.2) is 0 Å². The van der Waals surface area contributed by atoms with Gasteiger partial charge >= 0.3 is 0 Å². The van der Waals surface area contributed by atoms with Crippen LogP contribution in [0.3, 0.4) is 0 Å². The Morgan fingerprint density at radius 1 is 0.806 bits per heavy atom. The molecule has 0 saturated heterocycles. The fourth-order valence-corrected chi connectivity index (χ4v) is 4.77. The Morgan fingerprint density at radius 2 is 1.50 bits per heavy atom. The van der Waals surface area contributed by atoms with Gasteiger partial charge in [0.2, 0.25) is 5.91 Å². The molecule has 6 rings (SSSR count). The number of hydrogen-bond acceptors (Lipinski definition) is 3. The number of ether oxygens (including phenoxy) is 1. The molecule has 2 N–H and O–H groups in total. The standard InChI is InChI=1S/C30H23N3O3/c34-28(32-20-14-16-22(17-15-20)36-21-8-2-1-3-9-21)19-33-29(24-11-4-5-12-25(24)30(33)35)26-18-31-27-13-7-6-10-23(26)27/h1-18,29,31H,19H2,(H,32,34)/t29-/m1/s1. The van der Waals surface area contributed by atoms with Crippen LogP contribution in [0.2, 0.25) is 0 Å². The number of anilines is 1. The van der Waals surface area contributed by atoms with Gasteiger partial charge in [0.25, 0.3) is 5.91 Å². The molecule has 1 aliphatic heterocycles. The van der Waals surface area contributed by atoms with Gasteiger partial charge in [-0.25, -0.2) is 0 Å². The maximum absolute atomic E-state index is 13.4. The quantitative estimate of drug-likeness (QED) is 0.311. The fourth-order valence-electron chi connectivity index (χ4n) is 4.77. The Bertz CT molecular complexity index is 1560. The lowest BCUT2D eigenvalue weighted by Gasteiger charge is -2.25. The Balaban J connectivity index is 1.22. The molecule has 0 unspecified atom stereocenters. The van der Waals surface area contributed by atoms with E-state index in [-0.39, 0.29) is 24.4 Å². The van der Waals surface area contributed by atoms with Crippen LogP contribution in [0.15, 0.2) is 109 Å². The molecule has 1 aliphatic rings. The van der Waals surface area contributed by atoms with Crippen molar-refractivity contribution >= 4 is 28.4 Å². The van der Waals surface area contributed by atoms with Crippen molar-refractivity contribution in [2.75, 3.05) is 11.9 Å². The molecule has 6 heteroatoms. The summed E-state index contributed by atoms with van der Waals surface area (Å²) >= 11 is 0. The second-order valence-corrected chi connectivity index (χ2v) is 8.70. The summed E-state index contributed by atoms with van der Waals surface area (Å²) in [7, 11) is 0. The number of nitrogens with zero attached hydrogens (tertiary/aromatic N) is 1. The number of carbonyl (C=O) groups excluding carboxylic acids is 2. The number of H-pyrrole nitrogens is 1. The molecule has 2 amide bonds.